The third kappa shape index (κ3) is 8.66. The van der Waals surface area contributed by atoms with E-state index in [2.05, 4.69) is 49.0 Å². The van der Waals surface area contributed by atoms with Crippen molar-refractivity contribution < 1.29 is 9.90 Å². The van der Waals surface area contributed by atoms with Gasteiger partial charge in [-0.25, -0.2) is 4.79 Å². The molecule has 2 aromatic rings. The van der Waals surface area contributed by atoms with Crippen LogP contribution < -0.4 is 0 Å². The van der Waals surface area contributed by atoms with Crippen LogP contribution in [0.4, 0.5) is 0 Å². The van der Waals surface area contributed by atoms with Gasteiger partial charge in [-0.3, -0.25) is 0 Å². The summed E-state index contributed by atoms with van der Waals surface area (Å²) in [6.45, 7) is 3.57. The fourth-order valence-electron chi connectivity index (χ4n) is 3.23. The molecule has 0 fully saturated rings. The molecule has 0 amide bonds. The molecule has 0 aliphatic rings. The molecule has 0 spiro atoms. The highest BCUT2D eigenvalue weighted by Crippen LogP contribution is 2.24. The van der Waals surface area contributed by atoms with Gasteiger partial charge < -0.3 is 5.11 Å². The zero-order valence-corrected chi connectivity index (χ0v) is 17.1. The minimum atomic E-state index is -0.853. The van der Waals surface area contributed by atoms with Crippen LogP contribution >= 0.6 is 11.8 Å². The quantitative estimate of drug-likeness (QED) is 0.208. The van der Waals surface area contributed by atoms with Gasteiger partial charge in [-0.1, -0.05) is 81.9 Å². The maximum Gasteiger partial charge on any atom is 0.330 e. The van der Waals surface area contributed by atoms with Gasteiger partial charge in [0.2, 0.25) is 0 Å². The van der Waals surface area contributed by atoms with Crippen LogP contribution in [-0.4, -0.2) is 16.8 Å². The average Bonchev–Trinajstić information content (AvgIpc) is 2.68. The molecule has 3 heteroatoms. The Balaban J connectivity index is 1.42. The summed E-state index contributed by atoms with van der Waals surface area (Å²) in [4.78, 5) is 12.0. The van der Waals surface area contributed by atoms with Crippen LogP contribution in [0.1, 0.15) is 64.2 Å². The smallest absolute Gasteiger partial charge is 0.330 e. The summed E-state index contributed by atoms with van der Waals surface area (Å²) in [5.41, 5.74) is 0.344. The van der Waals surface area contributed by atoms with E-state index in [1.54, 1.807) is 0 Å². The summed E-state index contributed by atoms with van der Waals surface area (Å²) in [5, 5.41) is 11.4. The molecule has 0 radical (unpaired) electrons. The van der Waals surface area contributed by atoms with E-state index in [0.29, 0.717) is 12.0 Å². The van der Waals surface area contributed by atoms with Crippen molar-refractivity contribution in [1.82, 2.24) is 0 Å². The predicted octanol–water partition coefficient (Wildman–Crippen LogP) is 7.47. The Morgan fingerprint density at radius 1 is 0.815 bits per heavy atom. The van der Waals surface area contributed by atoms with Gasteiger partial charge in [-0.15, -0.1) is 11.8 Å². The summed E-state index contributed by atoms with van der Waals surface area (Å²) in [5.74, 6) is 0.347. The first-order chi connectivity index (χ1) is 13.2. The molecule has 0 heterocycles. The number of hydrogen-bond acceptors (Lipinski definition) is 2. The van der Waals surface area contributed by atoms with E-state index in [9.17, 15) is 4.79 Å². The summed E-state index contributed by atoms with van der Waals surface area (Å²) in [6.07, 6.45) is 11.7. The molecule has 0 saturated heterocycles. The summed E-state index contributed by atoms with van der Waals surface area (Å²) >= 11 is 1.97. The normalized spacial score (nSPS) is 11.0. The molecule has 0 bridgehead atoms. The van der Waals surface area contributed by atoms with Gasteiger partial charge >= 0.3 is 5.97 Å². The number of benzene rings is 2. The standard InChI is InChI=1S/C24H32O2S/c1-20(24(25)26)13-9-7-5-3-2-4-6-8-12-18-27-23-17-16-21-14-10-11-15-22(21)19-23/h10-11,14-17,19H,1-9,12-13,18H2,(H,25,26). The van der Waals surface area contributed by atoms with Crippen molar-refractivity contribution in [3.8, 4) is 0 Å². The number of aliphatic carboxylic acids is 1. The molecule has 2 aromatic carbocycles. The lowest BCUT2D eigenvalue weighted by Crippen LogP contribution is -1.98. The molecule has 0 aliphatic carbocycles. The van der Waals surface area contributed by atoms with Crippen molar-refractivity contribution in [3.05, 3.63) is 54.6 Å². The first-order valence-corrected chi connectivity index (χ1v) is 11.2. The Kier molecular flexibility index (Phi) is 10.1. The molecule has 2 nitrogen and oxygen atoms in total. The van der Waals surface area contributed by atoms with Crippen molar-refractivity contribution in [3.63, 3.8) is 0 Å². The molecule has 146 valence electrons. The minimum Gasteiger partial charge on any atom is -0.478 e. The van der Waals surface area contributed by atoms with Gasteiger partial charge in [0.05, 0.1) is 0 Å². The first-order valence-electron chi connectivity index (χ1n) is 10.2. The number of thioether (sulfide) groups is 1. The maximum absolute atomic E-state index is 10.6. The first kappa shape index (κ1) is 21.6. The summed E-state index contributed by atoms with van der Waals surface area (Å²) in [7, 11) is 0. The van der Waals surface area contributed by atoms with Crippen LogP contribution in [0.25, 0.3) is 10.8 Å². The lowest BCUT2D eigenvalue weighted by atomic mass is 10.0. The molecular formula is C24H32O2S. The summed E-state index contributed by atoms with van der Waals surface area (Å²) in [6, 6.07) is 15.3. The van der Waals surface area contributed by atoms with E-state index < -0.39 is 5.97 Å². The highest BCUT2D eigenvalue weighted by molar-refractivity contribution is 7.99. The van der Waals surface area contributed by atoms with Crippen LogP contribution in [0, 0.1) is 0 Å². The molecule has 1 N–H and O–H groups in total. The van der Waals surface area contributed by atoms with E-state index in [1.807, 2.05) is 11.8 Å². The van der Waals surface area contributed by atoms with E-state index in [0.717, 1.165) is 12.8 Å². The Hall–Kier alpha value is -1.74. The van der Waals surface area contributed by atoms with Crippen molar-refractivity contribution in [2.75, 3.05) is 5.75 Å². The Morgan fingerprint density at radius 2 is 1.41 bits per heavy atom. The Bertz CT molecular complexity index is 723. The minimum absolute atomic E-state index is 0.344. The average molecular weight is 385 g/mol. The lowest BCUT2D eigenvalue weighted by molar-refractivity contribution is -0.132. The largest absolute Gasteiger partial charge is 0.478 e. The highest BCUT2D eigenvalue weighted by atomic mass is 32.2. The van der Waals surface area contributed by atoms with Crippen molar-refractivity contribution in [2.45, 2.75) is 69.1 Å². The predicted molar refractivity (Wildman–Crippen MR) is 118 cm³/mol. The second-order valence-corrected chi connectivity index (χ2v) is 8.37. The second kappa shape index (κ2) is 12.6. The van der Waals surface area contributed by atoms with Crippen LogP contribution in [-0.2, 0) is 4.79 Å². The zero-order chi connectivity index (χ0) is 19.3. The molecule has 0 atom stereocenters. The fourth-order valence-corrected chi connectivity index (χ4v) is 4.19. The topological polar surface area (TPSA) is 37.3 Å². The number of rotatable bonds is 14. The molecule has 0 aromatic heterocycles. The van der Waals surface area contributed by atoms with Gasteiger partial charge in [-0.2, -0.15) is 0 Å². The SMILES string of the molecule is C=C(CCCCCCCCCCCSc1ccc2ccccc2c1)C(=O)O. The van der Waals surface area contributed by atoms with E-state index in [-0.39, 0.29) is 0 Å². The Morgan fingerprint density at radius 3 is 2.07 bits per heavy atom. The number of unbranched alkanes of at least 4 members (excludes halogenated alkanes) is 8. The van der Waals surface area contributed by atoms with Gasteiger partial charge in [-0.05, 0) is 47.9 Å². The molecule has 0 aliphatic heterocycles. The monoisotopic (exact) mass is 384 g/mol. The number of carboxylic acid groups (broad SMARTS) is 1. The molecule has 0 unspecified atom stereocenters. The fraction of sp³-hybridized carbons (Fsp3) is 0.458. The van der Waals surface area contributed by atoms with Crippen LogP contribution in [0.2, 0.25) is 0 Å². The third-order valence-corrected chi connectivity index (χ3v) is 6.00. The highest BCUT2D eigenvalue weighted by Gasteiger charge is 2.02. The number of hydrogen-bond donors (Lipinski definition) is 1. The third-order valence-electron chi connectivity index (χ3n) is 4.92. The number of fused-ring (bicyclic) bond motifs is 1. The lowest BCUT2D eigenvalue weighted by Gasteiger charge is -2.05. The zero-order valence-electron chi connectivity index (χ0n) is 16.3. The van der Waals surface area contributed by atoms with Gasteiger partial charge in [0.15, 0.2) is 0 Å². The number of carboxylic acids is 1. The van der Waals surface area contributed by atoms with E-state index >= 15 is 0 Å². The molecule has 27 heavy (non-hydrogen) atoms. The van der Waals surface area contributed by atoms with Gasteiger partial charge in [0.25, 0.3) is 0 Å². The molecule has 0 saturated carbocycles. The van der Waals surface area contributed by atoms with E-state index in [1.165, 1.54) is 66.4 Å². The van der Waals surface area contributed by atoms with Gasteiger partial charge in [0, 0.05) is 10.5 Å². The molecular weight excluding hydrogens is 352 g/mol. The van der Waals surface area contributed by atoms with Crippen LogP contribution in [0.5, 0.6) is 0 Å². The molecule has 2 rings (SSSR count). The Labute approximate surface area is 168 Å². The maximum atomic E-state index is 10.6. The summed E-state index contributed by atoms with van der Waals surface area (Å²) < 4.78 is 0. The van der Waals surface area contributed by atoms with Crippen LogP contribution in [0.3, 0.4) is 0 Å². The van der Waals surface area contributed by atoms with Crippen LogP contribution in [0.15, 0.2) is 59.5 Å². The van der Waals surface area contributed by atoms with Crippen molar-refractivity contribution in [1.29, 1.82) is 0 Å². The van der Waals surface area contributed by atoms with Crippen molar-refractivity contribution in [2.24, 2.45) is 0 Å². The number of carbonyl (C=O) groups is 1. The van der Waals surface area contributed by atoms with E-state index in [4.69, 9.17) is 5.11 Å². The van der Waals surface area contributed by atoms with Crippen molar-refractivity contribution >= 4 is 28.5 Å². The second-order valence-electron chi connectivity index (χ2n) is 7.20. The van der Waals surface area contributed by atoms with Gasteiger partial charge in [0.1, 0.15) is 0 Å².